The van der Waals surface area contributed by atoms with Gasteiger partial charge in [-0.15, -0.1) is 10.2 Å². The van der Waals surface area contributed by atoms with Crippen LogP contribution in [0.15, 0.2) is 30.3 Å². The minimum Gasteiger partial charge on any atom is -0.296 e. The number of aromatic amines is 1. The number of aromatic nitrogens is 4. The highest BCUT2D eigenvalue weighted by molar-refractivity contribution is 5.90. The van der Waals surface area contributed by atoms with Gasteiger partial charge in [-0.1, -0.05) is 29.5 Å². The number of carbonyl (C=O) groups is 1. The largest absolute Gasteiger partial charge is 0.296 e. The molecule has 24 heavy (non-hydrogen) atoms. The quantitative estimate of drug-likeness (QED) is 0.416. The Morgan fingerprint density at radius 1 is 1.42 bits per heavy atom. The van der Waals surface area contributed by atoms with Crippen molar-refractivity contribution in [1.29, 1.82) is 0 Å². The molecular weight excluding hydrogens is 308 g/mol. The van der Waals surface area contributed by atoms with E-state index in [2.05, 4.69) is 37.7 Å². The number of amides is 1. The van der Waals surface area contributed by atoms with Gasteiger partial charge in [-0.25, -0.2) is 5.48 Å². The van der Waals surface area contributed by atoms with Crippen LogP contribution >= 0.6 is 0 Å². The highest BCUT2D eigenvalue weighted by atomic mass is 16.5. The molecule has 0 bridgehead atoms. The summed E-state index contributed by atoms with van der Waals surface area (Å²) in [4.78, 5) is 13.4. The molecule has 2 heterocycles. The molecule has 0 aliphatic carbocycles. The minimum absolute atomic E-state index is 0.399. The monoisotopic (exact) mass is 328 g/mol. The third kappa shape index (κ3) is 4.03. The van der Waals surface area contributed by atoms with Crippen LogP contribution in [0, 0.1) is 0 Å². The van der Waals surface area contributed by atoms with Crippen LogP contribution in [-0.4, -0.2) is 49.7 Å². The summed E-state index contributed by atoms with van der Waals surface area (Å²) in [6, 6.07) is 8.54. The Labute approximate surface area is 139 Å². The van der Waals surface area contributed by atoms with Crippen LogP contribution in [0.2, 0.25) is 0 Å². The predicted molar refractivity (Wildman–Crippen MR) is 86.8 cm³/mol. The zero-order valence-electron chi connectivity index (χ0n) is 13.2. The van der Waals surface area contributed by atoms with Crippen molar-refractivity contribution in [1.82, 2.24) is 31.0 Å². The van der Waals surface area contributed by atoms with E-state index < -0.39 is 5.91 Å². The Bertz CT molecular complexity index is 683. The first-order valence-electron chi connectivity index (χ1n) is 7.95. The van der Waals surface area contributed by atoms with Crippen molar-refractivity contribution < 1.29 is 10.0 Å². The zero-order chi connectivity index (χ0) is 16.8. The number of nitrogens with one attached hydrogen (secondary N) is 2. The average molecular weight is 328 g/mol. The van der Waals surface area contributed by atoms with E-state index in [-0.39, 0.29) is 0 Å². The van der Waals surface area contributed by atoms with Crippen LogP contribution in [-0.2, 0) is 11.2 Å². The molecule has 0 radical (unpaired) electrons. The SMILES string of the molecule is O=C(/C=C/c1ccc([C@@H]2CCCN2CCc2nn[nH]n2)cc1)NO. The molecule has 126 valence electrons. The van der Waals surface area contributed by atoms with Crippen LogP contribution in [0.25, 0.3) is 6.08 Å². The second-order valence-electron chi connectivity index (χ2n) is 5.75. The Hall–Kier alpha value is -2.58. The van der Waals surface area contributed by atoms with Gasteiger partial charge in [0.25, 0.3) is 5.91 Å². The molecule has 1 saturated heterocycles. The smallest absolute Gasteiger partial charge is 0.267 e. The zero-order valence-corrected chi connectivity index (χ0v) is 13.2. The van der Waals surface area contributed by atoms with E-state index in [4.69, 9.17) is 5.21 Å². The van der Waals surface area contributed by atoms with E-state index in [0.29, 0.717) is 6.04 Å². The second kappa shape index (κ2) is 7.80. The number of likely N-dealkylation sites (tertiary alicyclic amines) is 1. The van der Waals surface area contributed by atoms with Crippen LogP contribution in [0.4, 0.5) is 0 Å². The topological polar surface area (TPSA) is 107 Å². The highest BCUT2D eigenvalue weighted by Gasteiger charge is 2.25. The number of rotatable bonds is 6. The third-order valence-corrected chi connectivity index (χ3v) is 4.23. The molecule has 1 fully saturated rings. The fourth-order valence-corrected chi connectivity index (χ4v) is 3.04. The van der Waals surface area contributed by atoms with Gasteiger partial charge >= 0.3 is 0 Å². The van der Waals surface area contributed by atoms with E-state index in [1.165, 1.54) is 18.1 Å². The summed E-state index contributed by atoms with van der Waals surface area (Å²) in [6.07, 6.45) is 6.05. The van der Waals surface area contributed by atoms with Crippen molar-refractivity contribution in [2.45, 2.75) is 25.3 Å². The molecular formula is C16H20N6O2. The first-order chi connectivity index (χ1) is 11.8. The molecule has 8 heteroatoms. The maximum atomic E-state index is 11.0. The van der Waals surface area contributed by atoms with Crippen molar-refractivity contribution in [2.75, 3.05) is 13.1 Å². The third-order valence-electron chi connectivity index (χ3n) is 4.23. The van der Waals surface area contributed by atoms with Gasteiger partial charge < -0.3 is 0 Å². The number of carbonyl (C=O) groups excluding carboxylic acids is 1. The van der Waals surface area contributed by atoms with Gasteiger partial charge in [-0.2, -0.15) is 5.21 Å². The molecule has 1 aromatic carbocycles. The number of benzene rings is 1. The lowest BCUT2D eigenvalue weighted by Crippen LogP contribution is -2.26. The molecule has 0 spiro atoms. The lowest BCUT2D eigenvalue weighted by Gasteiger charge is -2.24. The normalized spacial score (nSPS) is 18.3. The van der Waals surface area contributed by atoms with Gasteiger partial charge in [-0.3, -0.25) is 14.9 Å². The molecule has 2 aromatic rings. The minimum atomic E-state index is -0.539. The van der Waals surface area contributed by atoms with E-state index in [1.807, 2.05) is 12.1 Å². The highest BCUT2D eigenvalue weighted by Crippen LogP contribution is 2.31. The molecule has 1 aliphatic heterocycles. The summed E-state index contributed by atoms with van der Waals surface area (Å²) in [6.45, 7) is 1.98. The van der Waals surface area contributed by atoms with E-state index in [1.54, 1.807) is 11.6 Å². The van der Waals surface area contributed by atoms with E-state index in [0.717, 1.165) is 37.3 Å². The second-order valence-corrected chi connectivity index (χ2v) is 5.75. The number of H-pyrrole nitrogens is 1. The molecule has 1 atom stereocenters. The molecule has 1 aromatic heterocycles. The summed E-state index contributed by atoms with van der Waals surface area (Å²) in [5, 5.41) is 22.5. The molecule has 3 rings (SSSR count). The standard InChI is InChI=1S/C16H20N6O2/c23-16(19-24)8-5-12-3-6-13(7-4-12)14-2-1-10-22(14)11-9-15-17-20-21-18-15/h3-8,14,24H,1-2,9-11H2,(H,19,23)(H,17,18,20,21)/b8-5+/t14-/m0/s1. The van der Waals surface area contributed by atoms with Crippen LogP contribution in [0.3, 0.4) is 0 Å². The number of tetrazole rings is 1. The van der Waals surface area contributed by atoms with E-state index in [9.17, 15) is 4.79 Å². The first kappa shape index (κ1) is 16.3. The molecule has 1 amide bonds. The fraction of sp³-hybridized carbons (Fsp3) is 0.375. The molecule has 0 saturated carbocycles. The molecule has 8 nitrogen and oxygen atoms in total. The molecule has 3 N–H and O–H groups in total. The average Bonchev–Trinajstić information content (AvgIpc) is 3.29. The maximum Gasteiger partial charge on any atom is 0.267 e. The maximum absolute atomic E-state index is 11.0. The van der Waals surface area contributed by atoms with Crippen LogP contribution in [0.5, 0.6) is 0 Å². The summed E-state index contributed by atoms with van der Waals surface area (Å²) in [7, 11) is 0. The first-order valence-corrected chi connectivity index (χ1v) is 7.95. The Morgan fingerprint density at radius 2 is 2.25 bits per heavy atom. The summed E-state index contributed by atoms with van der Waals surface area (Å²) in [5.41, 5.74) is 3.76. The van der Waals surface area contributed by atoms with Crippen molar-refractivity contribution in [3.63, 3.8) is 0 Å². The van der Waals surface area contributed by atoms with Crippen LogP contribution < -0.4 is 5.48 Å². The van der Waals surface area contributed by atoms with Crippen LogP contribution in [0.1, 0.15) is 35.8 Å². The van der Waals surface area contributed by atoms with Crippen molar-refractivity contribution >= 4 is 12.0 Å². The lowest BCUT2D eigenvalue weighted by molar-refractivity contribution is -0.124. The summed E-state index contributed by atoms with van der Waals surface area (Å²) < 4.78 is 0. The van der Waals surface area contributed by atoms with Crippen molar-refractivity contribution in [3.8, 4) is 0 Å². The van der Waals surface area contributed by atoms with Gasteiger partial charge in [0.1, 0.15) is 0 Å². The van der Waals surface area contributed by atoms with Crippen molar-refractivity contribution in [2.24, 2.45) is 0 Å². The van der Waals surface area contributed by atoms with Gasteiger partial charge in [0, 0.05) is 25.1 Å². The Kier molecular flexibility index (Phi) is 5.29. The Balaban J connectivity index is 1.62. The fourth-order valence-electron chi connectivity index (χ4n) is 3.04. The van der Waals surface area contributed by atoms with Crippen molar-refractivity contribution in [3.05, 3.63) is 47.3 Å². The number of hydrogen-bond acceptors (Lipinski definition) is 6. The van der Waals surface area contributed by atoms with Gasteiger partial charge in [-0.05, 0) is 36.6 Å². The van der Waals surface area contributed by atoms with Gasteiger partial charge in [0.05, 0.1) is 0 Å². The molecule has 0 unspecified atom stereocenters. The van der Waals surface area contributed by atoms with Gasteiger partial charge in [0.2, 0.25) is 0 Å². The number of hydroxylamine groups is 1. The molecule has 1 aliphatic rings. The lowest BCUT2D eigenvalue weighted by atomic mass is 10.0. The number of nitrogens with zero attached hydrogens (tertiary/aromatic N) is 4. The Morgan fingerprint density at radius 3 is 2.96 bits per heavy atom. The summed E-state index contributed by atoms with van der Waals surface area (Å²) in [5.74, 6) is 0.200. The summed E-state index contributed by atoms with van der Waals surface area (Å²) >= 11 is 0. The predicted octanol–water partition coefficient (Wildman–Crippen LogP) is 1.10. The number of hydrogen-bond donors (Lipinski definition) is 3. The van der Waals surface area contributed by atoms with Gasteiger partial charge in [0.15, 0.2) is 5.82 Å². The van der Waals surface area contributed by atoms with E-state index >= 15 is 0 Å².